The highest BCUT2D eigenvalue weighted by Crippen LogP contribution is 2.49. The van der Waals surface area contributed by atoms with Crippen molar-refractivity contribution in [1.82, 2.24) is 34.9 Å². The molecule has 4 heterocycles. The van der Waals surface area contributed by atoms with Crippen molar-refractivity contribution in [3.63, 3.8) is 0 Å². The Kier molecular flexibility index (Phi) is 17.1. The van der Waals surface area contributed by atoms with Gasteiger partial charge in [0.2, 0.25) is 5.91 Å². The molecule has 0 radical (unpaired) electrons. The van der Waals surface area contributed by atoms with E-state index in [1.54, 1.807) is 16.8 Å². The van der Waals surface area contributed by atoms with Gasteiger partial charge in [-0.15, -0.1) is 0 Å². The van der Waals surface area contributed by atoms with Gasteiger partial charge in [-0.3, -0.25) is 9.69 Å². The van der Waals surface area contributed by atoms with Crippen LogP contribution < -0.4 is 22.5 Å². The van der Waals surface area contributed by atoms with Crippen molar-refractivity contribution in [1.29, 1.82) is 0 Å². The maximum atomic E-state index is 13.0. The van der Waals surface area contributed by atoms with E-state index < -0.39 is 0 Å². The molecule has 2 fully saturated rings. The minimum atomic E-state index is -0.000329. The molecule has 1 saturated carbocycles. The summed E-state index contributed by atoms with van der Waals surface area (Å²) in [5.74, 6) is 2.06. The molecule has 8 N–H and O–H groups in total. The van der Waals surface area contributed by atoms with Gasteiger partial charge in [-0.05, 0) is 59.6 Å². The lowest BCUT2D eigenvalue weighted by Gasteiger charge is -2.29. The van der Waals surface area contributed by atoms with E-state index in [4.69, 9.17) is 50.7 Å². The number of likely N-dealkylation sites (tertiary alicyclic amines) is 1. The topological polar surface area (TPSA) is 233 Å². The molecule has 4 aromatic rings. The number of carbonyl (C=O) groups is 1. The summed E-state index contributed by atoms with van der Waals surface area (Å²) < 4.78 is 35.6. The predicted octanol–water partition coefficient (Wildman–Crippen LogP) is 1.65. The highest BCUT2D eigenvalue weighted by atomic mass is 16.6. The van der Waals surface area contributed by atoms with E-state index >= 15 is 0 Å². The van der Waals surface area contributed by atoms with Crippen molar-refractivity contribution < 1.29 is 38.3 Å². The van der Waals surface area contributed by atoms with Gasteiger partial charge in [0.15, 0.2) is 5.65 Å². The number of nitrogens with one attached hydrogen (secondary N) is 1. The number of benzene rings is 2. The monoisotopic (exact) mass is 860 g/mol. The molecule has 2 unspecified atom stereocenters. The summed E-state index contributed by atoms with van der Waals surface area (Å²) in [5, 5.41) is 19.0. The van der Waals surface area contributed by atoms with Gasteiger partial charge in [0, 0.05) is 57.4 Å². The Morgan fingerprint density at radius 3 is 2.32 bits per heavy atom. The first-order valence-corrected chi connectivity index (χ1v) is 21.9. The first kappa shape index (κ1) is 45.5. The van der Waals surface area contributed by atoms with Crippen LogP contribution in [0.3, 0.4) is 0 Å². The molecule has 18 heteroatoms. The van der Waals surface area contributed by atoms with E-state index in [-0.39, 0.29) is 17.3 Å². The Balaban J connectivity index is 0.706. The molecule has 1 aliphatic carbocycles. The maximum Gasteiger partial charge on any atom is 0.225 e. The highest BCUT2D eigenvalue weighted by molar-refractivity contribution is 5.98. The largest absolute Gasteiger partial charge is 0.506 e. The van der Waals surface area contributed by atoms with Crippen molar-refractivity contribution in [2.75, 3.05) is 130 Å². The third-order valence-electron chi connectivity index (χ3n) is 11.7. The SMILES string of the molecule is NCCOCCOCCNC[C@@H]1C2CC2CN1CCOCCOCCOCCOCCC(=O)N1CCc2cc(Cn3nc(-c4ccc(O)c(N)c4)c4c(N)ncnc43)ccc2C1. The van der Waals surface area contributed by atoms with Crippen LogP contribution in [0.15, 0.2) is 42.7 Å². The van der Waals surface area contributed by atoms with Crippen molar-refractivity contribution >= 4 is 28.4 Å². The summed E-state index contributed by atoms with van der Waals surface area (Å²) in [6, 6.07) is 11.8. The zero-order valence-electron chi connectivity index (χ0n) is 35.8. The van der Waals surface area contributed by atoms with Crippen LogP contribution in [-0.2, 0) is 52.7 Å². The number of anilines is 2. The van der Waals surface area contributed by atoms with E-state index in [2.05, 4.69) is 38.4 Å². The predicted molar refractivity (Wildman–Crippen MR) is 234 cm³/mol. The van der Waals surface area contributed by atoms with Gasteiger partial charge in [-0.25, -0.2) is 14.6 Å². The number of aromatic hydroxyl groups is 1. The lowest BCUT2D eigenvalue weighted by molar-refractivity contribution is -0.133. The minimum Gasteiger partial charge on any atom is -0.506 e. The van der Waals surface area contributed by atoms with Crippen LogP contribution in [0.2, 0.25) is 0 Å². The first-order chi connectivity index (χ1) is 30.4. The molecule has 2 aromatic heterocycles. The molecule has 7 rings (SSSR count). The molecule has 338 valence electrons. The number of phenolic OH excluding ortho intramolecular Hbond substituents is 1. The van der Waals surface area contributed by atoms with Gasteiger partial charge in [0.25, 0.3) is 0 Å². The lowest BCUT2D eigenvalue weighted by Crippen LogP contribution is -2.43. The number of fused-ring (bicyclic) bond motifs is 3. The van der Waals surface area contributed by atoms with Gasteiger partial charge in [0.1, 0.15) is 23.6 Å². The first-order valence-electron chi connectivity index (χ1n) is 21.9. The van der Waals surface area contributed by atoms with Crippen molar-refractivity contribution in [3.8, 4) is 17.0 Å². The number of ether oxygens (including phenoxy) is 6. The van der Waals surface area contributed by atoms with Crippen LogP contribution in [0.1, 0.15) is 29.5 Å². The molecule has 2 aromatic carbocycles. The standard InChI is InChI=1S/C44H64N10O8/c45-7-12-58-16-17-59-13-8-48-26-38-36-24-35(36)29-52(38)10-14-60-18-20-62-22-21-61-19-15-57-11-6-40(56)53-9-5-32-23-31(1-2-34(32)28-53)27-54-44-41(43(47)49-30-50-44)42(51-54)33-3-4-39(55)37(46)25-33/h1-4,23,25,30,35-36,38,48,55H,5-22,24,26-29,45-46H2,(H2,47,49,50)/t35?,36?,38-/m1/s1. The third-order valence-corrected chi connectivity index (χ3v) is 11.7. The molecule has 2 aliphatic heterocycles. The van der Waals surface area contributed by atoms with Gasteiger partial charge >= 0.3 is 0 Å². The Bertz CT molecular complexity index is 2040. The fourth-order valence-corrected chi connectivity index (χ4v) is 8.39. The van der Waals surface area contributed by atoms with Gasteiger partial charge < -0.3 is 60.9 Å². The van der Waals surface area contributed by atoms with E-state index in [0.717, 1.165) is 49.0 Å². The fourth-order valence-electron chi connectivity index (χ4n) is 8.39. The van der Waals surface area contributed by atoms with E-state index in [9.17, 15) is 9.90 Å². The number of nitrogens with zero attached hydrogens (tertiary/aromatic N) is 6. The van der Waals surface area contributed by atoms with Gasteiger partial charge in [0.05, 0.1) is 103 Å². The Morgan fingerprint density at radius 2 is 1.56 bits per heavy atom. The summed E-state index contributed by atoms with van der Waals surface area (Å²) in [6.07, 6.45) is 3.86. The maximum absolute atomic E-state index is 13.0. The van der Waals surface area contributed by atoms with Crippen molar-refractivity contribution in [2.45, 2.75) is 38.4 Å². The molecule has 0 bridgehead atoms. The average molecular weight is 861 g/mol. The van der Waals surface area contributed by atoms with Crippen molar-refractivity contribution in [3.05, 3.63) is 59.4 Å². The smallest absolute Gasteiger partial charge is 0.225 e. The number of rotatable bonds is 28. The van der Waals surface area contributed by atoms with E-state index in [1.165, 1.54) is 30.9 Å². The zero-order chi connectivity index (χ0) is 43.1. The number of amides is 1. The number of hydrogen-bond acceptors (Lipinski definition) is 16. The van der Waals surface area contributed by atoms with E-state index in [1.807, 2.05) is 4.90 Å². The average Bonchev–Trinajstić information content (AvgIpc) is 3.82. The molecule has 3 atom stereocenters. The molecular weight excluding hydrogens is 797 g/mol. The number of piperidine rings is 1. The minimum absolute atomic E-state index is 0.000329. The van der Waals surface area contributed by atoms with Crippen LogP contribution in [0.4, 0.5) is 11.5 Å². The Hall–Kier alpha value is -4.50. The quantitative estimate of drug-likeness (QED) is 0.0311. The summed E-state index contributed by atoms with van der Waals surface area (Å²) >= 11 is 0. The number of nitrogens with two attached hydrogens (primary N) is 3. The molecule has 18 nitrogen and oxygen atoms in total. The normalized spacial score (nSPS) is 18.4. The summed E-state index contributed by atoms with van der Waals surface area (Å²) in [4.78, 5) is 26.2. The second-order valence-electron chi connectivity index (χ2n) is 16.0. The fraction of sp³-hybridized carbons (Fsp3) is 0.591. The van der Waals surface area contributed by atoms with Crippen LogP contribution in [0, 0.1) is 11.8 Å². The number of aromatic nitrogens is 4. The van der Waals surface area contributed by atoms with Crippen LogP contribution in [0.5, 0.6) is 5.75 Å². The number of nitrogen functional groups attached to an aromatic ring is 2. The van der Waals surface area contributed by atoms with Crippen LogP contribution in [0.25, 0.3) is 22.3 Å². The number of carbonyl (C=O) groups excluding carboxylic acids is 1. The third kappa shape index (κ3) is 12.6. The molecule has 1 saturated heterocycles. The summed E-state index contributed by atoms with van der Waals surface area (Å²) in [6.45, 7) is 12.6. The highest BCUT2D eigenvalue weighted by Gasteiger charge is 2.51. The second-order valence-corrected chi connectivity index (χ2v) is 16.0. The molecule has 1 amide bonds. The molecule has 62 heavy (non-hydrogen) atoms. The van der Waals surface area contributed by atoms with E-state index in [0.29, 0.717) is 146 Å². The van der Waals surface area contributed by atoms with Crippen molar-refractivity contribution in [2.24, 2.45) is 17.6 Å². The second kappa shape index (κ2) is 23.3. The van der Waals surface area contributed by atoms with Gasteiger partial charge in [-0.2, -0.15) is 5.10 Å². The molecule has 0 spiro atoms. The number of phenols is 1. The Morgan fingerprint density at radius 1 is 0.839 bits per heavy atom. The zero-order valence-corrected chi connectivity index (χ0v) is 35.8. The number of hydrogen-bond donors (Lipinski definition) is 5. The van der Waals surface area contributed by atoms with Gasteiger partial charge in [-0.1, -0.05) is 18.2 Å². The summed E-state index contributed by atoms with van der Waals surface area (Å²) in [7, 11) is 0. The molecule has 3 aliphatic rings. The summed E-state index contributed by atoms with van der Waals surface area (Å²) in [5.41, 5.74) is 23.2. The molecular formula is C44H64N10O8. The Labute approximate surface area is 363 Å². The van der Waals surface area contributed by atoms with Crippen LogP contribution in [-0.4, -0.2) is 165 Å². The van der Waals surface area contributed by atoms with Crippen LogP contribution >= 0.6 is 0 Å². The lowest BCUT2D eigenvalue weighted by atomic mass is 9.97.